The van der Waals surface area contributed by atoms with Crippen LogP contribution in [0.3, 0.4) is 0 Å². The summed E-state index contributed by atoms with van der Waals surface area (Å²) in [7, 11) is 0. The molecule has 0 aromatic heterocycles. The van der Waals surface area contributed by atoms with Crippen LogP contribution in [0.5, 0.6) is 0 Å². The molecule has 17 heavy (non-hydrogen) atoms. The van der Waals surface area contributed by atoms with Crippen LogP contribution < -0.4 is 0 Å². The third kappa shape index (κ3) is 1.58. The number of carbonyl (C=O) groups is 1. The van der Waals surface area contributed by atoms with Gasteiger partial charge in [-0.1, -0.05) is 0 Å². The van der Waals surface area contributed by atoms with E-state index < -0.39 is 5.60 Å². The van der Waals surface area contributed by atoms with Crippen molar-refractivity contribution in [2.75, 3.05) is 0 Å². The number of hydrogen-bond acceptors (Lipinski definition) is 2. The molecule has 2 rings (SSSR count). The zero-order valence-corrected chi connectivity index (χ0v) is 11.5. The van der Waals surface area contributed by atoms with E-state index in [4.69, 9.17) is 4.74 Å². The van der Waals surface area contributed by atoms with E-state index in [-0.39, 0.29) is 5.97 Å². The largest absolute Gasteiger partial charge is 0.454 e. The fourth-order valence-corrected chi connectivity index (χ4v) is 3.05. The van der Waals surface area contributed by atoms with Crippen molar-refractivity contribution in [2.24, 2.45) is 0 Å². The van der Waals surface area contributed by atoms with E-state index in [0.717, 1.165) is 6.42 Å². The SMILES string of the molecule is CC(=O)O[C@@]1(C)Cc2c(C)c(C)c(C)c(C)c21. The Morgan fingerprint density at radius 1 is 1.06 bits per heavy atom. The second-order valence-electron chi connectivity index (χ2n) is 5.35. The molecule has 0 aliphatic heterocycles. The number of carbonyl (C=O) groups excluding carboxylic acids is 1. The van der Waals surface area contributed by atoms with Gasteiger partial charge in [-0.3, -0.25) is 4.79 Å². The maximum atomic E-state index is 11.2. The van der Waals surface area contributed by atoms with E-state index >= 15 is 0 Å². The van der Waals surface area contributed by atoms with Crippen LogP contribution in [0.1, 0.15) is 47.2 Å². The fourth-order valence-electron chi connectivity index (χ4n) is 3.05. The number of benzene rings is 1. The Kier molecular flexibility index (Phi) is 2.57. The van der Waals surface area contributed by atoms with Gasteiger partial charge in [0.2, 0.25) is 0 Å². The zero-order valence-electron chi connectivity index (χ0n) is 11.5. The minimum atomic E-state index is -0.408. The van der Waals surface area contributed by atoms with Gasteiger partial charge in [-0.2, -0.15) is 0 Å². The minimum absolute atomic E-state index is 0.201. The Morgan fingerprint density at radius 3 is 2.12 bits per heavy atom. The number of rotatable bonds is 1. The van der Waals surface area contributed by atoms with Crippen molar-refractivity contribution < 1.29 is 9.53 Å². The maximum Gasteiger partial charge on any atom is 0.303 e. The smallest absolute Gasteiger partial charge is 0.303 e. The van der Waals surface area contributed by atoms with Crippen LogP contribution in [0.25, 0.3) is 0 Å². The summed E-state index contributed by atoms with van der Waals surface area (Å²) in [4.78, 5) is 11.2. The molecule has 0 heterocycles. The van der Waals surface area contributed by atoms with E-state index in [1.54, 1.807) is 0 Å². The predicted octanol–water partition coefficient (Wildman–Crippen LogP) is 3.25. The van der Waals surface area contributed by atoms with Crippen molar-refractivity contribution in [3.8, 4) is 0 Å². The van der Waals surface area contributed by atoms with E-state index in [2.05, 4.69) is 27.7 Å². The Hall–Kier alpha value is -1.31. The summed E-state index contributed by atoms with van der Waals surface area (Å²) in [5, 5.41) is 0. The molecule has 0 amide bonds. The van der Waals surface area contributed by atoms with Gasteiger partial charge < -0.3 is 4.74 Å². The first-order valence-corrected chi connectivity index (χ1v) is 6.07. The third-order valence-electron chi connectivity index (χ3n) is 4.23. The highest BCUT2D eigenvalue weighted by atomic mass is 16.6. The van der Waals surface area contributed by atoms with Crippen molar-refractivity contribution >= 4 is 5.97 Å². The summed E-state index contributed by atoms with van der Waals surface area (Å²) < 4.78 is 5.49. The summed E-state index contributed by atoms with van der Waals surface area (Å²) in [5.41, 5.74) is 7.51. The predicted molar refractivity (Wildman–Crippen MR) is 68.2 cm³/mol. The molecular formula is C15H20O2. The van der Waals surface area contributed by atoms with Crippen molar-refractivity contribution in [3.63, 3.8) is 0 Å². The lowest BCUT2D eigenvalue weighted by molar-refractivity contribution is -0.159. The lowest BCUT2D eigenvalue weighted by Gasteiger charge is -2.43. The van der Waals surface area contributed by atoms with Gasteiger partial charge in [0.15, 0.2) is 0 Å². The Morgan fingerprint density at radius 2 is 1.59 bits per heavy atom. The molecule has 92 valence electrons. The normalized spacial score (nSPS) is 21.8. The van der Waals surface area contributed by atoms with Crippen LogP contribution >= 0.6 is 0 Å². The van der Waals surface area contributed by atoms with Crippen LogP contribution in [0.15, 0.2) is 0 Å². The first-order chi connectivity index (χ1) is 7.78. The third-order valence-corrected chi connectivity index (χ3v) is 4.23. The van der Waals surface area contributed by atoms with Crippen LogP contribution in [0.2, 0.25) is 0 Å². The summed E-state index contributed by atoms with van der Waals surface area (Å²) in [6, 6.07) is 0. The molecule has 2 heteroatoms. The summed E-state index contributed by atoms with van der Waals surface area (Å²) >= 11 is 0. The molecule has 1 aromatic rings. The summed E-state index contributed by atoms with van der Waals surface area (Å²) in [6.07, 6.45) is 0.843. The molecular weight excluding hydrogens is 212 g/mol. The molecule has 0 bridgehead atoms. The van der Waals surface area contributed by atoms with Crippen molar-refractivity contribution in [3.05, 3.63) is 33.4 Å². The molecule has 0 unspecified atom stereocenters. The summed E-state index contributed by atoms with van der Waals surface area (Å²) in [5.74, 6) is -0.201. The quantitative estimate of drug-likeness (QED) is 0.695. The second kappa shape index (κ2) is 3.59. The average molecular weight is 232 g/mol. The molecule has 0 spiro atoms. The van der Waals surface area contributed by atoms with Crippen LogP contribution in [-0.2, 0) is 21.6 Å². The molecule has 0 N–H and O–H groups in total. The number of esters is 1. The van der Waals surface area contributed by atoms with Gasteiger partial charge >= 0.3 is 5.97 Å². The number of hydrogen-bond donors (Lipinski definition) is 0. The second-order valence-corrected chi connectivity index (χ2v) is 5.35. The van der Waals surface area contributed by atoms with Gasteiger partial charge in [0.25, 0.3) is 0 Å². The van der Waals surface area contributed by atoms with Gasteiger partial charge in [-0.05, 0) is 62.4 Å². The van der Waals surface area contributed by atoms with Crippen LogP contribution in [-0.4, -0.2) is 5.97 Å². The van der Waals surface area contributed by atoms with Gasteiger partial charge in [-0.25, -0.2) is 0 Å². The van der Waals surface area contributed by atoms with E-state index in [9.17, 15) is 4.79 Å². The zero-order chi connectivity index (χ0) is 13.0. The Bertz CT molecular complexity index is 491. The highest BCUT2D eigenvalue weighted by Gasteiger charge is 2.44. The van der Waals surface area contributed by atoms with E-state index in [0.29, 0.717) is 0 Å². The number of ether oxygens (including phenoxy) is 1. The highest BCUT2D eigenvalue weighted by Crippen LogP contribution is 2.47. The van der Waals surface area contributed by atoms with Crippen molar-refractivity contribution in [1.82, 2.24) is 0 Å². The van der Waals surface area contributed by atoms with E-state index in [1.165, 1.54) is 40.3 Å². The molecule has 0 radical (unpaired) electrons. The molecule has 2 nitrogen and oxygen atoms in total. The topological polar surface area (TPSA) is 26.3 Å². The van der Waals surface area contributed by atoms with Crippen LogP contribution in [0, 0.1) is 27.7 Å². The lowest BCUT2D eigenvalue weighted by Crippen LogP contribution is -2.42. The standard InChI is InChI=1S/C15H20O2/c1-8-9(2)11(4)14-13(10(8)3)7-15(14,6)17-12(5)16/h7H2,1-6H3/t15-/m0/s1. The molecule has 1 aliphatic carbocycles. The Balaban J connectivity index is 2.58. The van der Waals surface area contributed by atoms with Crippen molar-refractivity contribution in [2.45, 2.75) is 53.6 Å². The molecule has 0 saturated carbocycles. The van der Waals surface area contributed by atoms with Gasteiger partial charge in [-0.15, -0.1) is 0 Å². The summed E-state index contributed by atoms with van der Waals surface area (Å²) in [6.45, 7) is 12.1. The van der Waals surface area contributed by atoms with Gasteiger partial charge in [0.05, 0.1) is 0 Å². The first kappa shape index (κ1) is 12.2. The highest BCUT2D eigenvalue weighted by molar-refractivity contribution is 5.69. The molecule has 1 atom stereocenters. The number of fused-ring (bicyclic) bond motifs is 1. The van der Waals surface area contributed by atoms with Gasteiger partial charge in [0, 0.05) is 18.9 Å². The average Bonchev–Trinajstić information content (AvgIpc) is 2.20. The van der Waals surface area contributed by atoms with Crippen LogP contribution in [0.4, 0.5) is 0 Å². The van der Waals surface area contributed by atoms with Gasteiger partial charge in [0.1, 0.15) is 5.60 Å². The minimum Gasteiger partial charge on any atom is -0.454 e. The molecule has 1 aliphatic rings. The molecule has 0 fully saturated rings. The van der Waals surface area contributed by atoms with Crippen molar-refractivity contribution in [1.29, 1.82) is 0 Å². The fraction of sp³-hybridized carbons (Fsp3) is 0.533. The maximum absolute atomic E-state index is 11.2. The monoisotopic (exact) mass is 232 g/mol. The molecule has 1 aromatic carbocycles. The molecule has 0 saturated heterocycles. The first-order valence-electron chi connectivity index (χ1n) is 6.07. The lowest BCUT2D eigenvalue weighted by atomic mass is 9.68. The Labute approximate surface area is 103 Å². The van der Waals surface area contributed by atoms with E-state index in [1.807, 2.05) is 6.92 Å².